The zero-order valence-corrected chi connectivity index (χ0v) is 12.3. The molecule has 0 N–H and O–H groups in total. The first-order valence-electron chi connectivity index (χ1n) is 6.38. The van der Waals surface area contributed by atoms with Gasteiger partial charge < -0.3 is 14.2 Å². The summed E-state index contributed by atoms with van der Waals surface area (Å²) in [5, 5.41) is 0. The molecule has 0 saturated heterocycles. The minimum absolute atomic E-state index is 0.155. The first kappa shape index (κ1) is 16.3. The summed E-state index contributed by atoms with van der Waals surface area (Å²) in [6.45, 7) is 1.83. The second-order valence-corrected chi connectivity index (χ2v) is 4.23. The molecule has 0 aliphatic heterocycles. The molecular formula is C15H20O5. The van der Waals surface area contributed by atoms with Gasteiger partial charge in [0.05, 0.1) is 12.7 Å². The van der Waals surface area contributed by atoms with Gasteiger partial charge in [0.2, 0.25) is 5.78 Å². The Kier molecular flexibility index (Phi) is 5.85. The summed E-state index contributed by atoms with van der Waals surface area (Å²) in [6, 6.07) is 6.81. The average Bonchev–Trinajstić information content (AvgIpc) is 2.49. The molecule has 0 fully saturated rings. The zero-order chi connectivity index (χ0) is 15.2. The monoisotopic (exact) mass is 280 g/mol. The number of rotatable bonds is 8. The maximum absolute atomic E-state index is 12.4. The van der Waals surface area contributed by atoms with E-state index in [0.717, 1.165) is 0 Å². The number of methoxy groups -OCH3 is 3. The number of Topliss-reactive ketones (excluding diaryl/α,β-unsaturated/α-hetero) is 2. The highest BCUT2D eigenvalue weighted by Gasteiger charge is 2.46. The van der Waals surface area contributed by atoms with E-state index in [0.29, 0.717) is 17.7 Å². The minimum atomic E-state index is -1.77. The van der Waals surface area contributed by atoms with Gasteiger partial charge in [0.1, 0.15) is 5.75 Å². The molecule has 20 heavy (non-hydrogen) atoms. The molecule has 0 unspecified atom stereocenters. The molecule has 110 valence electrons. The van der Waals surface area contributed by atoms with Gasteiger partial charge in [-0.25, -0.2) is 0 Å². The van der Waals surface area contributed by atoms with Crippen molar-refractivity contribution in [2.75, 3.05) is 21.3 Å². The van der Waals surface area contributed by atoms with E-state index < -0.39 is 17.4 Å². The van der Waals surface area contributed by atoms with Crippen molar-refractivity contribution in [1.82, 2.24) is 0 Å². The fraction of sp³-hybridized carbons (Fsp3) is 0.467. The van der Waals surface area contributed by atoms with Crippen molar-refractivity contribution in [1.29, 1.82) is 0 Å². The second kappa shape index (κ2) is 7.17. The Balaban J connectivity index is 3.34. The summed E-state index contributed by atoms with van der Waals surface area (Å²) in [5.41, 5.74) is 0.377. The molecule has 0 aromatic heterocycles. The van der Waals surface area contributed by atoms with Gasteiger partial charge in [-0.15, -0.1) is 0 Å². The summed E-state index contributed by atoms with van der Waals surface area (Å²) in [4.78, 5) is 24.4. The van der Waals surface area contributed by atoms with E-state index in [2.05, 4.69) is 0 Å². The summed E-state index contributed by atoms with van der Waals surface area (Å²) in [7, 11) is 4.13. The number of hydrogen-bond acceptors (Lipinski definition) is 5. The number of ether oxygens (including phenoxy) is 3. The molecule has 1 aromatic carbocycles. The molecule has 0 atom stereocenters. The number of carbonyl (C=O) groups excluding carboxylic acids is 2. The maximum atomic E-state index is 12.4. The van der Waals surface area contributed by atoms with Gasteiger partial charge in [0.25, 0.3) is 11.6 Å². The van der Waals surface area contributed by atoms with E-state index >= 15 is 0 Å². The fourth-order valence-corrected chi connectivity index (χ4v) is 2.05. The van der Waals surface area contributed by atoms with E-state index in [-0.39, 0.29) is 6.42 Å². The van der Waals surface area contributed by atoms with E-state index in [1.165, 1.54) is 21.3 Å². The Bertz CT molecular complexity index is 477. The Morgan fingerprint density at radius 2 is 1.70 bits per heavy atom. The van der Waals surface area contributed by atoms with Crippen LogP contribution in [-0.2, 0) is 24.8 Å². The van der Waals surface area contributed by atoms with Crippen molar-refractivity contribution in [2.45, 2.75) is 25.6 Å². The first-order valence-corrected chi connectivity index (χ1v) is 6.38. The molecule has 0 spiro atoms. The smallest absolute Gasteiger partial charge is 0.267 e. The van der Waals surface area contributed by atoms with Crippen LogP contribution in [0.1, 0.15) is 25.3 Å². The zero-order valence-electron chi connectivity index (χ0n) is 12.3. The van der Waals surface area contributed by atoms with Gasteiger partial charge in [0, 0.05) is 20.6 Å². The summed E-state index contributed by atoms with van der Waals surface area (Å²) in [5.74, 6) is -2.59. The second-order valence-electron chi connectivity index (χ2n) is 4.23. The van der Waals surface area contributed by atoms with Crippen LogP contribution in [0.5, 0.6) is 5.75 Å². The van der Waals surface area contributed by atoms with E-state index in [1.807, 2.05) is 6.92 Å². The number of para-hydroxylation sites is 1. The van der Waals surface area contributed by atoms with E-state index in [9.17, 15) is 9.59 Å². The summed E-state index contributed by atoms with van der Waals surface area (Å²) in [6.07, 6.45) is 0.739. The van der Waals surface area contributed by atoms with Crippen LogP contribution < -0.4 is 4.74 Å². The van der Waals surface area contributed by atoms with Crippen molar-refractivity contribution >= 4 is 11.6 Å². The molecule has 0 heterocycles. The third-order valence-corrected chi connectivity index (χ3v) is 3.07. The van der Waals surface area contributed by atoms with Crippen molar-refractivity contribution in [2.24, 2.45) is 0 Å². The number of hydrogen-bond donors (Lipinski definition) is 0. The van der Waals surface area contributed by atoms with Gasteiger partial charge >= 0.3 is 0 Å². The topological polar surface area (TPSA) is 61.8 Å². The molecule has 1 rings (SSSR count). The molecule has 0 bridgehead atoms. The van der Waals surface area contributed by atoms with Gasteiger partial charge in [-0.2, -0.15) is 0 Å². The van der Waals surface area contributed by atoms with Crippen molar-refractivity contribution < 1.29 is 23.8 Å². The van der Waals surface area contributed by atoms with E-state index in [4.69, 9.17) is 14.2 Å². The quantitative estimate of drug-likeness (QED) is 0.539. The van der Waals surface area contributed by atoms with Gasteiger partial charge in [-0.1, -0.05) is 19.1 Å². The Morgan fingerprint density at radius 1 is 1.10 bits per heavy atom. The van der Waals surface area contributed by atoms with Gasteiger partial charge in [-0.05, 0) is 18.6 Å². The van der Waals surface area contributed by atoms with Crippen LogP contribution in [0.3, 0.4) is 0 Å². The standard InChI is InChI=1S/C15H20O5/c1-5-8-12(16)14(17)15(19-3,20-4)11-9-6-7-10-13(11)18-2/h6-7,9-10H,5,8H2,1-4H3. The lowest BCUT2D eigenvalue weighted by atomic mass is 9.95. The van der Waals surface area contributed by atoms with Crippen LogP contribution in [0.25, 0.3) is 0 Å². The molecule has 0 aliphatic carbocycles. The Morgan fingerprint density at radius 3 is 2.20 bits per heavy atom. The van der Waals surface area contributed by atoms with Gasteiger partial charge in [0.15, 0.2) is 0 Å². The predicted molar refractivity (Wildman–Crippen MR) is 73.6 cm³/mol. The van der Waals surface area contributed by atoms with Crippen molar-refractivity contribution in [3.05, 3.63) is 29.8 Å². The molecule has 5 nitrogen and oxygen atoms in total. The number of benzene rings is 1. The SMILES string of the molecule is CCCC(=O)C(=O)C(OC)(OC)c1ccccc1OC. The molecular weight excluding hydrogens is 260 g/mol. The van der Waals surface area contributed by atoms with Crippen LogP contribution in [0.2, 0.25) is 0 Å². The van der Waals surface area contributed by atoms with Crippen molar-refractivity contribution in [3.8, 4) is 5.75 Å². The first-order chi connectivity index (χ1) is 9.57. The largest absolute Gasteiger partial charge is 0.496 e. The normalized spacial score (nSPS) is 11.2. The lowest BCUT2D eigenvalue weighted by molar-refractivity contribution is -0.213. The fourth-order valence-electron chi connectivity index (χ4n) is 2.05. The highest BCUT2D eigenvalue weighted by atomic mass is 16.7. The molecule has 5 heteroatoms. The van der Waals surface area contributed by atoms with Gasteiger partial charge in [-0.3, -0.25) is 9.59 Å². The van der Waals surface area contributed by atoms with Crippen molar-refractivity contribution in [3.63, 3.8) is 0 Å². The summed E-state index contributed by atoms with van der Waals surface area (Å²) >= 11 is 0. The molecule has 0 aliphatic rings. The minimum Gasteiger partial charge on any atom is -0.496 e. The molecule has 0 amide bonds. The highest BCUT2D eigenvalue weighted by Crippen LogP contribution is 2.34. The Hall–Kier alpha value is -1.72. The van der Waals surface area contributed by atoms with Crippen LogP contribution in [0.15, 0.2) is 24.3 Å². The molecule has 0 radical (unpaired) electrons. The molecule has 1 aromatic rings. The highest BCUT2D eigenvalue weighted by molar-refractivity contribution is 6.39. The lowest BCUT2D eigenvalue weighted by Gasteiger charge is -2.30. The Labute approximate surface area is 118 Å². The lowest BCUT2D eigenvalue weighted by Crippen LogP contribution is -2.44. The summed E-state index contributed by atoms with van der Waals surface area (Å²) < 4.78 is 15.8. The molecule has 0 saturated carbocycles. The maximum Gasteiger partial charge on any atom is 0.267 e. The third kappa shape index (κ3) is 2.89. The van der Waals surface area contributed by atoms with Crippen LogP contribution in [0.4, 0.5) is 0 Å². The average molecular weight is 280 g/mol. The predicted octanol–water partition coefficient (Wildman–Crippen LogP) is 2.08. The number of ketones is 2. The van der Waals surface area contributed by atoms with E-state index in [1.54, 1.807) is 24.3 Å². The van der Waals surface area contributed by atoms with Crippen LogP contribution in [0, 0.1) is 0 Å². The van der Waals surface area contributed by atoms with Crippen LogP contribution in [-0.4, -0.2) is 32.9 Å². The third-order valence-electron chi connectivity index (χ3n) is 3.07. The number of carbonyl (C=O) groups is 2. The van der Waals surface area contributed by atoms with Crippen LogP contribution >= 0.6 is 0 Å².